The first-order chi connectivity index (χ1) is 41.3. The van der Waals surface area contributed by atoms with E-state index in [1.165, 1.54) is 0 Å². The van der Waals surface area contributed by atoms with Crippen molar-refractivity contribution in [2.75, 3.05) is 0 Å². The lowest BCUT2D eigenvalue weighted by Gasteiger charge is -2.37. The highest BCUT2D eigenvalue weighted by Gasteiger charge is 2.52. The minimum atomic E-state index is -0.926. The Bertz CT molecular complexity index is 4190. The van der Waals surface area contributed by atoms with Gasteiger partial charge in [0.05, 0.1) is 47.2 Å². The van der Waals surface area contributed by atoms with Crippen LogP contribution in [0.3, 0.4) is 0 Å². The van der Waals surface area contributed by atoms with Crippen molar-refractivity contribution in [2.24, 2.45) is 14.1 Å². The number of aromatic nitrogens is 8. The second-order valence-corrected chi connectivity index (χ2v) is 24.4. The normalized spacial score (nSPS) is 13.7. The molecule has 430 valence electrons. The SMILES string of the molecule is Cn1cc(-c2nn(C(c3ccccc3)(c3ccccc3)c3ccccc3)c3cc([N+](=O)[O-])c(Br)cc23)cn1.Cn1cc(B2OC(C)(C)C(C)(C)O2)cn1.O=[N+]([O-])c1cc2c(cc1Br)c(I)nn2C(c1ccccc1)(c1ccccc1)c1ccccc1. The number of nitrogens with zero attached hydrogens (tertiary/aromatic N) is 10. The van der Waals surface area contributed by atoms with Crippen LogP contribution in [0.15, 0.2) is 240 Å². The van der Waals surface area contributed by atoms with Gasteiger partial charge in [0.25, 0.3) is 11.4 Å². The summed E-state index contributed by atoms with van der Waals surface area (Å²) in [6, 6.07) is 67.6. The Labute approximate surface area is 527 Å². The number of halogens is 3. The molecule has 0 unspecified atom stereocenters. The molecule has 1 saturated heterocycles. The average Bonchev–Trinajstić information content (AvgIpc) is 1.41. The number of nitro benzene ring substituents is 2. The molecule has 20 heteroatoms. The third kappa shape index (κ3) is 10.9. The van der Waals surface area contributed by atoms with Crippen molar-refractivity contribution in [2.45, 2.75) is 50.0 Å². The molecule has 0 atom stereocenters. The first kappa shape index (κ1) is 59.3. The van der Waals surface area contributed by atoms with Gasteiger partial charge in [-0.1, -0.05) is 182 Å². The van der Waals surface area contributed by atoms with Crippen molar-refractivity contribution in [1.82, 2.24) is 39.1 Å². The molecule has 13 rings (SSSR count). The van der Waals surface area contributed by atoms with Crippen molar-refractivity contribution in [3.63, 3.8) is 0 Å². The van der Waals surface area contributed by atoms with E-state index in [4.69, 9.17) is 19.5 Å². The third-order valence-corrected chi connectivity index (χ3v) is 17.9. The van der Waals surface area contributed by atoms with Gasteiger partial charge < -0.3 is 9.31 Å². The zero-order valence-corrected chi connectivity index (χ0v) is 52.9. The topological polar surface area (TPSA) is 176 Å². The monoisotopic (exact) mass is 1380 g/mol. The van der Waals surface area contributed by atoms with E-state index in [9.17, 15) is 20.2 Å². The predicted octanol–water partition coefficient (Wildman–Crippen LogP) is 14.8. The summed E-state index contributed by atoms with van der Waals surface area (Å²) < 4.78 is 20.7. The van der Waals surface area contributed by atoms with Crippen LogP contribution in [0.25, 0.3) is 33.1 Å². The zero-order chi connectivity index (χ0) is 60.5. The zero-order valence-electron chi connectivity index (χ0n) is 47.6. The molecule has 1 aliphatic rings. The fraction of sp³-hybridized carbons (Fsp3) is 0.152. The molecule has 0 bridgehead atoms. The van der Waals surface area contributed by atoms with Crippen LogP contribution in [0.1, 0.15) is 61.1 Å². The molecule has 1 fully saturated rings. The number of fused-ring (bicyclic) bond motifs is 2. The molecule has 12 aromatic rings. The van der Waals surface area contributed by atoms with E-state index in [0.717, 1.165) is 58.9 Å². The van der Waals surface area contributed by atoms with Gasteiger partial charge in [-0.15, -0.1) is 0 Å². The number of aryl methyl sites for hydroxylation is 2. The Balaban J connectivity index is 0.000000146. The van der Waals surface area contributed by atoms with Gasteiger partial charge in [0, 0.05) is 66.6 Å². The number of hydrogen-bond acceptors (Lipinski definition) is 10. The first-order valence-electron chi connectivity index (χ1n) is 27.4. The van der Waals surface area contributed by atoms with E-state index in [0.29, 0.717) is 25.7 Å². The minimum Gasteiger partial charge on any atom is -0.399 e. The molecule has 1 aliphatic heterocycles. The van der Waals surface area contributed by atoms with Crippen LogP contribution < -0.4 is 5.46 Å². The first-order valence-corrected chi connectivity index (χ1v) is 30.1. The van der Waals surface area contributed by atoms with Crippen molar-refractivity contribution in [3.05, 3.63) is 297 Å². The molecule has 0 amide bonds. The van der Waals surface area contributed by atoms with Gasteiger partial charge in [0.15, 0.2) is 0 Å². The Hall–Kier alpha value is -8.41. The molecule has 0 spiro atoms. The lowest BCUT2D eigenvalue weighted by molar-refractivity contribution is -0.385. The van der Waals surface area contributed by atoms with E-state index in [-0.39, 0.29) is 39.5 Å². The fourth-order valence-electron chi connectivity index (χ4n) is 11.1. The fourth-order valence-corrected chi connectivity index (χ4v) is 12.7. The Morgan fingerprint density at radius 2 is 0.837 bits per heavy atom. The van der Waals surface area contributed by atoms with Crippen LogP contribution in [0.4, 0.5) is 11.4 Å². The van der Waals surface area contributed by atoms with Crippen LogP contribution in [0.2, 0.25) is 0 Å². The van der Waals surface area contributed by atoms with Crippen molar-refractivity contribution >= 4 is 100 Å². The van der Waals surface area contributed by atoms with Gasteiger partial charge in [0.1, 0.15) is 20.5 Å². The Morgan fingerprint density at radius 3 is 1.17 bits per heavy atom. The van der Waals surface area contributed by atoms with E-state index in [1.807, 2.05) is 173 Å². The van der Waals surface area contributed by atoms with Gasteiger partial charge in [-0.3, -0.25) is 29.6 Å². The van der Waals surface area contributed by atoms with E-state index in [1.54, 1.807) is 46.0 Å². The van der Waals surface area contributed by atoms with Gasteiger partial charge in [-0.2, -0.15) is 20.4 Å². The van der Waals surface area contributed by atoms with Crippen LogP contribution in [0.5, 0.6) is 0 Å². The van der Waals surface area contributed by atoms with E-state index >= 15 is 0 Å². The molecule has 86 heavy (non-hydrogen) atoms. The summed E-state index contributed by atoms with van der Waals surface area (Å²) in [7, 11) is 3.43. The van der Waals surface area contributed by atoms with E-state index < -0.39 is 11.1 Å². The summed E-state index contributed by atoms with van der Waals surface area (Å²) in [4.78, 5) is 23.1. The summed E-state index contributed by atoms with van der Waals surface area (Å²) in [5.41, 5.74) is 7.39. The quantitative estimate of drug-likeness (QED) is 0.0376. The molecule has 0 radical (unpaired) electrons. The maximum atomic E-state index is 12.0. The summed E-state index contributed by atoms with van der Waals surface area (Å²) in [5.74, 6) is 0. The van der Waals surface area contributed by atoms with Crippen molar-refractivity contribution < 1.29 is 19.2 Å². The molecule has 4 aromatic heterocycles. The largest absolute Gasteiger partial charge is 0.498 e. The van der Waals surface area contributed by atoms with E-state index in [2.05, 4.69) is 137 Å². The maximum absolute atomic E-state index is 12.0. The predicted molar refractivity (Wildman–Crippen MR) is 351 cm³/mol. The Morgan fingerprint density at radius 1 is 0.500 bits per heavy atom. The smallest absolute Gasteiger partial charge is 0.399 e. The molecular weight excluding hydrogens is 1330 g/mol. The average molecular weight is 1380 g/mol. The van der Waals surface area contributed by atoms with Gasteiger partial charge in [-0.25, -0.2) is 9.36 Å². The molecular formula is C66H56BBr2IN10O6. The summed E-state index contributed by atoms with van der Waals surface area (Å²) in [6.07, 6.45) is 7.36. The summed E-state index contributed by atoms with van der Waals surface area (Å²) in [6.45, 7) is 8.18. The maximum Gasteiger partial charge on any atom is 0.498 e. The molecule has 8 aromatic carbocycles. The molecule has 16 nitrogen and oxygen atoms in total. The van der Waals surface area contributed by atoms with Gasteiger partial charge in [-0.05, 0) is 128 Å². The molecule has 0 saturated carbocycles. The second kappa shape index (κ2) is 24.2. The Kier molecular flexibility index (Phi) is 16.7. The highest BCUT2D eigenvalue weighted by molar-refractivity contribution is 14.1. The lowest BCUT2D eigenvalue weighted by Crippen LogP contribution is -2.41. The highest BCUT2D eigenvalue weighted by atomic mass is 127. The minimum absolute atomic E-state index is 0.00290. The van der Waals surface area contributed by atoms with Crippen molar-refractivity contribution in [3.8, 4) is 11.3 Å². The number of benzene rings is 8. The standard InChI is InChI=1S/C30H22BrN5O2.C26H17BrIN3O2.C10H17BN2O2/c1-34-20-21(19-32-34)29-25-17-26(31)28(36(37)38)18-27(25)35(33-29)30(22-11-5-2-6-12-22,23-13-7-3-8-14-23)24-15-9-4-10-16-24;27-22-16-21-23(17-24(22)31(32)33)30(29-25(21)28)26(18-10-4-1-5-11-18,19-12-6-2-7-13-19)20-14-8-3-9-15-20;1-9(2)10(3,4)15-11(14-9)8-6-12-13(5)7-8/h2-20H,1H3;1-17H;6-7H,1-5H3. The van der Waals surface area contributed by atoms with Crippen LogP contribution in [-0.4, -0.2) is 67.3 Å². The summed E-state index contributed by atoms with van der Waals surface area (Å²) in [5, 5.41) is 44.2. The van der Waals surface area contributed by atoms with Crippen LogP contribution in [0, 0.1) is 23.9 Å². The lowest BCUT2D eigenvalue weighted by atomic mass is 9.77. The number of rotatable bonds is 12. The van der Waals surface area contributed by atoms with Gasteiger partial charge in [0.2, 0.25) is 0 Å². The highest BCUT2D eigenvalue weighted by Crippen LogP contribution is 2.47. The molecule has 0 N–H and O–H groups in total. The number of hydrogen-bond donors (Lipinski definition) is 0. The second-order valence-electron chi connectivity index (χ2n) is 21.7. The van der Waals surface area contributed by atoms with Gasteiger partial charge >= 0.3 is 7.12 Å². The van der Waals surface area contributed by atoms with Crippen molar-refractivity contribution in [1.29, 1.82) is 0 Å². The summed E-state index contributed by atoms with van der Waals surface area (Å²) >= 11 is 8.99. The number of nitro groups is 2. The molecule has 0 aliphatic carbocycles. The van der Waals surface area contributed by atoms with Crippen LogP contribution >= 0.6 is 54.5 Å². The third-order valence-electron chi connectivity index (χ3n) is 15.9. The van der Waals surface area contributed by atoms with Crippen LogP contribution in [-0.2, 0) is 34.5 Å². The molecule has 5 heterocycles.